The van der Waals surface area contributed by atoms with Gasteiger partial charge in [0.2, 0.25) is 0 Å². The van der Waals surface area contributed by atoms with Crippen LogP contribution in [-0.4, -0.2) is 37.0 Å². The summed E-state index contributed by atoms with van der Waals surface area (Å²) in [4.78, 5) is 11.7. The molecular formula is C29H50O4. The molecule has 1 N–H and O–H groups in total. The first-order chi connectivity index (χ1) is 15.8. The van der Waals surface area contributed by atoms with Gasteiger partial charge in [-0.05, 0) is 111 Å². The van der Waals surface area contributed by atoms with Gasteiger partial charge in [-0.1, -0.05) is 34.1 Å². The van der Waals surface area contributed by atoms with Crippen LogP contribution in [0.3, 0.4) is 0 Å². The zero-order valence-corrected chi connectivity index (χ0v) is 22.0. The normalized spacial score (nSPS) is 45.6. The van der Waals surface area contributed by atoms with Gasteiger partial charge in [0.05, 0.1) is 19.3 Å². The van der Waals surface area contributed by atoms with Gasteiger partial charge in [0, 0.05) is 13.0 Å². The second kappa shape index (κ2) is 10.2. The molecule has 0 unspecified atom stereocenters. The summed E-state index contributed by atoms with van der Waals surface area (Å²) >= 11 is 0. The van der Waals surface area contributed by atoms with Gasteiger partial charge in [-0.25, -0.2) is 0 Å². The third kappa shape index (κ3) is 4.53. The quantitative estimate of drug-likeness (QED) is 0.335. The lowest BCUT2D eigenvalue weighted by Gasteiger charge is -2.62. The number of hydrogen-bond acceptors (Lipinski definition) is 4. The van der Waals surface area contributed by atoms with E-state index in [1.807, 2.05) is 0 Å². The third-order valence-electron chi connectivity index (χ3n) is 11.4. The summed E-state index contributed by atoms with van der Waals surface area (Å²) in [6.45, 7) is 10.4. The Balaban J connectivity index is 1.45. The molecule has 0 amide bonds. The average Bonchev–Trinajstić information content (AvgIpc) is 3.17. The topological polar surface area (TPSA) is 55.8 Å². The monoisotopic (exact) mass is 462 g/mol. The highest BCUT2D eigenvalue weighted by Gasteiger charge is 2.63. The van der Waals surface area contributed by atoms with Crippen LogP contribution in [0.15, 0.2) is 0 Å². The zero-order chi connectivity index (χ0) is 23.8. The molecule has 4 heteroatoms. The van der Waals surface area contributed by atoms with E-state index in [1.54, 1.807) is 0 Å². The smallest absolute Gasteiger partial charge is 0.305 e. The summed E-state index contributed by atoms with van der Waals surface area (Å²) in [5.74, 6) is 3.66. The molecule has 0 spiro atoms. The lowest BCUT2D eigenvalue weighted by atomic mass is 9.43. The highest BCUT2D eigenvalue weighted by molar-refractivity contribution is 5.69. The van der Waals surface area contributed by atoms with Gasteiger partial charge in [-0.3, -0.25) is 4.79 Å². The summed E-state index contributed by atoms with van der Waals surface area (Å²) in [5, 5.41) is 11.7. The van der Waals surface area contributed by atoms with Gasteiger partial charge in [0.1, 0.15) is 0 Å². The van der Waals surface area contributed by atoms with E-state index in [2.05, 4.69) is 27.7 Å². The highest BCUT2D eigenvalue weighted by Crippen LogP contribution is 2.68. The molecule has 190 valence electrons. The summed E-state index contributed by atoms with van der Waals surface area (Å²) in [6, 6.07) is 0. The molecule has 4 nitrogen and oxygen atoms in total. The van der Waals surface area contributed by atoms with E-state index in [4.69, 9.17) is 9.47 Å². The summed E-state index contributed by atoms with van der Waals surface area (Å²) in [6.07, 6.45) is 13.8. The lowest BCUT2D eigenvalue weighted by Crippen LogP contribution is -2.58. The van der Waals surface area contributed by atoms with Crippen LogP contribution < -0.4 is 0 Å². The van der Waals surface area contributed by atoms with Crippen LogP contribution in [0.1, 0.15) is 105 Å². The molecule has 0 bridgehead atoms. The number of hydrogen-bond donors (Lipinski definition) is 1. The Morgan fingerprint density at radius 2 is 1.88 bits per heavy atom. The SMILES string of the molecule is CCCCO[C@@H]1CC[C@@]2(C)[C@H](CC[C@@H]3[C@@H]2C[C@H](O)[C@]2(C)[C@@H]([C@H](C)CCC(=O)OC)CC[C@@H]32)C1. The van der Waals surface area contributed by atoms with E-state index in [-0.39, 0.29) is 17.5 Å². The largest absolute Gasteiger partial charge is 0.469 e. The number of aliphatic hydroxyl groups excluding tert-OH is 1. The fourth-order valence-electron chi connectivity index (χ4n) is 9.34. The summed E-state index contributed by atoms with van der Waals surface area (Å²) in [7, 11) is 1.48. The number of ether oxygens (including phenoxy) is 2. The number of rotatable bonds is 8. The minimum Gasteiger partial charge on any atom is -0.469 e. The van der Waals surface area contributed by atoms with E-state index in [1.165, 1.54) is 64.9 Å². The minimum atomic E-state index is -0.217. The molecule has 4 rings (SSSR count). The van der Waals surface area contributed by atoms with E-state index in [0.29, 0.717) is 41.6 Å². The predicted molar refractivity (Wildman–Crippen MR) is 132 cm³/mol. The van der Waals surface area contributed by atoms with E-state index < -0.39 is 0 Å². The Morgan fingerprint density at radius 3 is 2.61 bits per heavy atom. The van der Waals surface area contributed by atoms with Crippen molar-refractivity contribution in [1.29, 1.82) is 0 Å². The predicted octanol–water partition coefficient (Wildman–Crippen LogP) is 6.39. The number of aliphatic hydroxyl groups is 1. The van der Waals surface area contributed by atoms with Crippen LogP contribution in [0.25, 0.3) is 0 Å². The first kappa shape index (κ1) is 25.5. The molecule has 4 aliphatic carbocycles. The Kier molecular flexibility index (Phi) is 7.85. The Morgan fingerprint density at radius 1 is 1.09 bits per heavy atom. The van der Waals surface area contributed by atoms with E-state index in [9.17, 15) is 9.90 Å². The third-order valence-corrected chi connectivity index (χ3v) is 11.4. The Hall–Kier alpha value is -0.610. The van der Waals surface area contributed by atoms with Crippen molar-refractivity contribution < 1.29 is 19.4 Å². The maximum absolute atomic E-state index is 11.7. The van der Waals surface area contributed by atoms with Gasteiger partial charge >= 0.3 is 5.97 Å². The van der Waals surface area contributed by atoms with Crippen LogP contribution >= 0.6 is 0 Å². The summed E-state index contributed by atoms with van der Waals surface area (Å²) in [5.41, 5.74) is 0.366. The molecule has 33 heavy (non-hydrogen) atoms. The fraction of sp³-hybridized carbons (Fsp3) is 0.966. The molecular weight excluding hydrogens is 412 g/mol. The van der Waals surface area contributed by atoms with Crippen molar-refractivity contribution in [2.45, 2.75) is 117 Å². The van der Waals surface area contributed by atoms with Gasteiger partial charge in [-0.2, -0.15) is 0 Å². The number of methoxy groups -OCH3 is 1. The lowest BCUT2D eigenvalue weighted by molar-refractivity contribution is -0.178. The van der Waals surface area contributed by atoms with Gasteiger partial charge in [0.15, 0.2) is 0 Å². The van der Waals surface area contributed by atoms with Crippen molar-refractivity contribution >= 4 is 5.97 Å². The molecule has 4 aliphatic rings. The zero-order valence-electron chi connectivity index (χ0n) is 22.0. The summed E-state index contributed by atoms with van der Waals surface area (Å²) < 4.78 is 11.2. The molecule has 0 aromatic carbocycles. The van der Waals surface area contributed by atoms with E-state index >= 15 is 0 Å². The minimum absolute atomic E-state index is 0.000362. The van der Waals surface area contributed by atoms with Crippen molar-refractivity contribution in [1.82, 2.24) is 0 Å². The first-order valence-corrected chi connectivity index (χ1v) is 14.1. The van der Waals surface area contributed by atoms with Crippen LogP contribution in [0, 0.1) is 46.3 Å². The highest BCUT2D eigenvalue weighted by atomic mass is 16.5. The second-order valence-corrected chi connectivity index (χ2v) is 12.7. The van der Waals surface area contributed by atoms with Gasteiger partial charge in [0.25, 0.3) is 0 Å². The maximum atomic E-state index is 11.7. The van der Waals surface area contributed by atoms with Crippen molar-refractivity contribution in [3.8, 4) is 0 Å². The number of carbonyl (C=O) groups excluding carboxylic acids is 1. The molecule has 10 atom stereocenters. The van der Waals surface area contributed by atoms with Crippen LogP contribution in [0.4, 0.5) is 0 Å². The molecule has 0 heterocycles. The molecule has 0 aromatic heterocycles. The average molecular weight is 463 g/mol. The molecule has 0 aliphatic heterocycles. The van der Waals surface area contributed by atoms with Crippen molar-refractivity contribution in [3.05, 3.63) is 0 Å². The second-order valence-electron chi connectivity index (χ2n) is 12.7. The van der Waals surface area contributed by atoms with Gasteiger partial charge < -0.3 is 14.6 Å². The van der Waals surface area contributed by atoms with Crippen molar-refractivity contribution in [2.24, 2.45) is 46.3 Å². The Bertz CT molecular complexity index is 679. The van der Waals surface area contributed by atoms with Crippen LogP contribution in [0.2, 0.25) is 0 Å². The fourth-order valence-corrected chi connectivity index (χ4v) is 9.34. The molecule has 4 saturated carbocycles. The number of esters is 1. The maximum Gasteiger partial charge on any atom is 0.305 e. The molecule has 4 fully saturated rings. The first-order valence-electron chi connectivity index (χ1n) is 14.1. The van der Waals surface area contributed by atoms with Crippen molar-refractivity contribution in [2.75, 3.05) is 13.7 Å². The standard InChI is InChI=1S/C29H50O4/c1-6-7-16-33-21-14-15-28(3)20(17-21)9-10-22-24-12-11-23(19(2)8-13-27(31)32-5)29(24,4)26(30)18-25(22)28/h19-26,30H,6-18H2,1-5H3/t19-,20-,21-,22+,23-,24+,25+,26+,28+,29-/m1/s1. The molecule has 0 radical (unpaired) electrons. The van der Waals surface area contributed by atoms with E-state index in [0.717, 1.165) is 31.3 Å². The Labute approximate surface area is 202 Å². The van der Waals surface area contributed by atoms with Crippen LogP contribution in [0.5, 0.6) is 0 Å². The van der Waals surface area contributed by atoms with Gasteiger partial charge in [-0.15, -0.1) is 0 Å². The molecule has 0 aromatic rings. The number of carbonyl (C=O) groups is 1. The van der Waals surface area contributed by atoms with Crippen LogP contribution in [-0.2, 0) is 14.3 Å². The molecule has 0 saturated heterocycles. The number of fused-ring (bicyclic) bond motifs is 5. The number of unbranched alkanes of at least 4 members (excludes halogenated alkanes) is 1. The van der Waals surface area contributed by atoms with Crippen molar-refractivity contribution in [3.63, 3.8) is 0 Å².